The second kappa shape index (κ2) is 6.65. The van der Waals surface area contributed by atoms with Crippen LogP contribution in [0.25, 0.3) is 10.2 Å². The number of carbonyl (C=O) groups excluding carboxylic acids is 1. The predicted octanol–water partition coefficient (Wildman–Crippen LogP) is 3.41. The van der Waals surface area contributed by atoms with Crippen molar-refractivity contribution < 1.29 is 4.79 Å². The van der Waals surface area contributed by atoms with E-state index >= 15 is 0 Å². The minimum atomic E-state index is 0.00499. The van der Waals surface area contributed by atoms with Gasteiger partial charge in [0, 0.05) is 31.5 Å². The fourth-order valence-corrected chi connectivity index (χ4v) is 4.67. The van der Waals surface area contributed by atoms with E-state index in [0.717, 1.165) is 40.6 Å². The highest BCUT2D eigenvalue weighted by molar-refractivity contribution is 7.98. The van der Waals surface area contributed by atoms with E-state index in [2.05, 4.69) is 4.98 Å². The van der Waals surface area contributed by atoms with Gasteiger partial charge >= 0.3 is 0 Å². The molecular weight excluding hydrogens is 354 g/mol. The number of benzene rings is 1. The molecule has 25 heavy (non-hydrogen) atoms. The summed E-state index contributed by atoms with van der Waals surface area (Å²) in [5.74, 6) is 0.926. The Morgan fingerprint density at radius 3 is 2.72 bits per heavy atom. The van der Waals surface area contributed by atoms with Gasteiger partial charge in [-0.3, -0.25) is 14.2 Å². The third-order valence-electron chi connectivity index (χ3n) is 4.34. The smallest absolute Gasteiger partial charge is 0.271 e. The van der Waals surface area contributed by atoms with Crippen LogP contribution in [0.4, 0.5) is 5.69 Å². The summed E-state index contributed by atoms with van der Waals surface area (Å²) in [5, 5.41) is 2.61. The fraction of sp³-hybridized carbons (Fsp3) is 0.278. The Morgan fingerprint density at radius 1 is 1.20 bits per heavy atom. The zero-order chi connectivity index (χ0) is 17.4. The first-order valence-electron chi connectivity index (χ1n) is 8.10. The molecule has 0 atom stereocenters. The van der Waals surface area contributed by atoms with Crippen LogP contribution >= 0.6 is 23.1 Å². The van der Waals surface area contributed by atoms with Crippen LogP contribution in [0.3, 0.4) is 0 Å². The number of aromatic nitrogens is 2. The average molecular weight is 371 g/mol. The minimum absolute atomic E-state index is 0.00499. The van der Waals surface area contributed by atoms with E-state index in [9.17, 15) is 9.59 Å². The molecule has 0 aliphatic carbocycles. The van der Waals surface area contributed by atoms with Gasteiger partial charge in [0.1, 0.15) is 4.70 Å². The number of thiophene rings is 1. The zero-order valence-electron chi connectivity index (χ0n) is 13.8. The van der Waals surface area contributed by atoms with Gasteiger partial charge in [-0.2, -0.15) is 0 Å². The van der Waals surface area contributed by atoms with Crippen molar-refractivity contribution >= 4 is 44.9 Å². The fourth-order valence-electron chi connectivity index (χ4n) is 2.94. The molecular formula is C18H17N3O2S2. The van der Waals surface area contributed by atoms with Crippen molar-refractivity contribution in [1.29, 1.82) is 0 Å². The maximum atomic E-state index is 12.3. The van der Waals surface area contributed by atoms with E-state index in [1.807, 2.05) is 40.6 Å². The van der Waals surface area contributed by atoms with Crippen LogP contribution in [0.15, 0.2) is 45.7 Å². The van der Waals surface area contributed by atoms with Crippen LogP contribution in [0, 0.1) is 0 Å². The Balaban J connectivity index is 1.51. The van der Waals surface area contributed by atoms with Gasteiger partial charge in [0.15, 0.2) is 5.16 Å². The lowest BCUT2D eigenvalue weighted by Crippen LogP contribution is -2.23. The summed E-state index contributed by atoms with van der Waals surface area (Å²) in [6, 6.07) is 9.94. The Labute approximate surface area is 153 Å². The maximum absolute atomic E-state index is 12.3. The summed E-state index contributed by atoms with van der Waals surface area (Å²) in [5.41, 5.74) is 2.87. The first-order chi connectivity index (χ1) is 12.1. The Bertz CT molecular complexity index is 992. The topological polar surface area (TPSA) is 55.2 Å². The van der Waals surface area contributed by atoms with E-state index in [1.165, 1.54) is 11.3 Å². The molecule has 1 aromatic carbocycles. The summed E-state index contributed by atoms with van der Waals surface area (Å²) < 4.78 is 2.31. The van der Waals surface area contributed by atoms with Gasteiger partial charge in [-0.15, -0.1) is 11.3 Å². The Hall–Kier alpha value is -2.12. The maximum Gasteiger partial charge on any atom is 0.271 e. The van der Waals surface area contributed by atoms with Gasteiger partial charge in [-0.05, 0) is 35.6 Å². The monoisotopic (exact) mass is 371 g/mol. The largest absolute Gasteiger partial charge is 0.312 e. The molecule has 1 aliphatic rings. The molecule has 0 bridgehead atoms. The molecule has 0 spiro atoms. The molecule has 1 fully saturated rings. The van der Waals surface area contributed by atoms with Gasteiger partial charge in [-0.25, -0.2) is 4.98 Å². The quantitative estimate of drug-likeness (QED) is 0.521. The molecule has 1 aliphatic heterocycles. The number of amides is 1. The van der Waals surface area contributed by atoms with E-state index in [1.54, 1.807) is 23.4 Å². The number of anilines is 1. The van der Waals surface area contributed by atoms with Gasteiger partial charge in [-0.1, -0.05) is 23.9 Å². The molecule has 1 amide bonds. The van der Waals surface area contributed by atoms with Gasteiger partial charge in [0.05, 0.1) is 5.52 Å². The third-order valence-corrected chi connectivity index (χ3v) is 6.33. The lowest BCUT2D eigenvalue weighted by Gasteiger charge is -2.16. The third kappa shape index (κ3) is 3.09. The molecule has 128 valence electrons. The molecule has 2 aromatic heterocycles. The highest BCUT2D eigenvalue weighted by Crippen LogP contribution is 2.26. The van der Waals surface area contributed by atoms with Crippen molar-refractivity contribution in [2.24, 2.45) is 7.05 Å². The van der Waals surface area contributed by atoms with Crippen LogP contribution < -0.4 is 10.5 Å². The number of hydrogen-bond donors (Lipinski definition) is 0. The number of carbonyl (C=O) groups is 1. The lowest BCUT2D eigenvalue weighted by atomic mass is 10.2. The van der Waals surface area contributed by atoms with E-state index in [4.69, 9.17) is 0 Å². The standard InChI is InChI=1S/C18H17N3O2S2/c1-20-17(23)16-14(8-10-24-16)19-18(20)25-11-12-4-6-13(7-5-12)21-9-2-3-15(21)22/h4-8,10H,2-3,9,11H2,1H3. The molecule has 0 unspecified atom stereocenters. The predicted molar refractivity (Wildman–Crippen MR) is 102 cm³/mol. The number of fused-ring (bicyclic) bond motifs is 1. The van der Waals surface area contributed by atoms with Crippen LogP contribution in [0.1, 0.15) is 18.4 Å². The van der Waals surface area contributed by atoms with Gasteiger partial charge in [0.25, 0.3) is 5.56 Å². The van der Waals surface area contributed by atoms with Crippen molar-refractivity contribution in [3.8, 4) is 0 Å². The SMILES string of the molecule is Cn1c(SCc2ccc(N3CCCC3=O)cc2)nc2ccsc2c1=O. The molecule has 1 saturated heterocycles. The second-order valence-electron chi connectivity index (χ2n) is 6.00. The average Bonchev–Trinajstić information content (AvgIpc) is 3.26. The second-order valence-corrected chi connectivity index (χ2v) is 7.86. The van der Waals surface area contributed by atoms with Crippen molar-refractivity contribution in [1.82, 2.24) is 9.55 Å². The highest BCUT2D eigenvalue weighted by Gasteiger charge is 2.21. The van der Waals surface area contributed by atoms with E-state index in [-0.39, 0.29) is 11.5 Å². The summed E-state index contributed by atoms with van der Waals surface area (Å²) in [4.78, 5) is 30.6. The zero-order valence-corrected chi connectivity index (χ0v) is 15.4. The van der Waals surface area contributed by atoms with Gasteiger partial charge in [0.2, 0.25) is 5.91 Å². The molecule has 0 saturated carbocycles. The number of hydrogen-bond acceptors (Lipinski definition) is 5. The molecule has 3 heterocycles. The molecule has 0 radical (unpaired) electrons. The first-order valence-corrected chi connectivity index (χ1v) is 9.96. The Kier molecular flexibility index (Phi) is 4.35. The van der Waals surface area contributed by atoms with Gasteiger partial charge < -0.3 is 4.90 Å². The number of nitrogens with zero attached hydrogens (tertiary/aromatic N) is 3. The molecule has 5 nitrogen and oxygen atoms in total. The van der Waals surface area contributed by atoms with Crippen LogP contribution in [-0.2, 0) is 17.6 Å². The van der Waals surface area contributed by atoms with Crippen molar-refractivity contribution in [2.45, 2.75) is 23.8 Å². The minimum Gasteiger partial charge on any atom is -0.312 e. The molecule has 7 heteroatoms. The summed E-state index contributed by atoms with van der Waals surface area (Å²) in [6.45, 7) is 0.805. The molecule has 3 aromatic rings. The van der Waals surface area contributed by atoms with E-state index < -0.39 is 0 Å². The lowest BCUT2D eigenvalue weighted by molar-refractivity contribution is -0.117. The molecule has 4 rings (SSSR count). The van der Waals surface area contributed by atoms with Crippen LogP contribution in [0.5, 0.6) is 0 Å². The van der Waals surface area contributed by atoms with Crippen molar-refractivity contribution in [2.75, 3.05) is 11.4 Å². The normalized spacial score (nSPS) is 14.6. The molecule has 0 N–H and O–H groups in total. The summed E-state index contributed by atoms with van der Waals surface area (Å²) in [6.07, 6.45) is 1.57. The number of rotatable bonds is 4. The van der Waals surface area contributed by atoms with Crippen molar-refractivity contribution in [3.05, 3.63) is 51.6 Å². The summed E-state index contributed by atoms with van der Waals surface area (Å²) in [7, 11) is 1.76. The van der Waals surface area contributed by atoms with Crippen molar-refractivity contribution in [3.63, 3.8) is 0 Å². The first kappa shape index (κ1) is 16.4. The Morgan fingerprint density at radius 2 is 2.00 bits per heavy atom. The van der Waals surface area contributed by atoms with Crippen LogP contribution in [0.2, 0.25) is 0 Å². The van der Waals surface area contributed by atoms with E-state index in [0.29, 0.717) is 11.1 Å². The summed E-state index contributed by atoms with van der Waals surface area (Å²) >= 11 is 2.97. The number of thioether (sulfide) groups is 1. The van der Waals surface area contributed by atoms with Crippen LogP contribution in [-0.4, -0.2) is 22.0 Å². The highest BCUT2D eigenvalue weighted by atomic mass is 32.2.